The number of carbonyl (C=O) groups excluding carboxylic acids is 1. The zero-order valence-corrected chi connectivity index (χ0v) is 22.2. The molecule has 6 nitrogen and oxygen atoms in total. The third-order valence-corrected chi connectivity index (χ3v) is 8.01. The third-order valence-electron chi connectivity index (χ3n) is 6.60. The Bertz CT molecular complexity index is 1220. The van der Waals surface area contributed by atoms with Gasteiger partial charge in [0.1, 0.15) is 6.04 Å². The number of anilines is 1. The maximum Gasteiger partial charge on any atom is 0.246 e. The van der Waals surface area contributed by atoms with Crippen LogP contribution in [0.4, 0.5) is 5.69 Å². The van der Waals surface area contributed by atoms with Gasteiger partial charge in [0, 0.05) is 31.2 Å². The summed E-state index contributed by atoms with van der Waals surface area (Å²) in [6, 6.07) is 26.7. The number of halogens is 1. The zero-order valence-electron chi connectivity index (χ0n) is 20.6. The van der Waals surface area contributed by atoms with Gasteiger partial charge in [-0.3, -0.25) is 14.0 Å². The van der Waals surface area contributed by atoms with Gasteiger partial charge in [-0.1, -0.05) is 85.3 Å². The molecule has 0 aromatic heterocycles. The van der Waals surface area contributed by atoms with E-state index in [4.69, 9.17) is 11.6 Å². The molecule has 0 bridgehead atoms. The maximum absolute atomic E-state index is 13.7. The topological polar surface area (TPSA) is 60.9 Å². The van der Waals surface area contributed by atoms with Crippen LogP contribution < -0.4 is 4.31 Å². The van der Waals surface area contributed by atoms with Gasteiger partial charge in [-0.25, -0.2) is 8.42 Å². The maximum atomic E-state index is 13.7. The second-order valence-electron chi connectivity index (χ2n) is 9.05. The minimum atomic E-state index is -3.71. The van der Waals surface area contributed by atoms with Crippen molar-refractivity contribution < 1.29 is 13.2 Å². The van der Waals surface area contributed by atoms with Gasteiger partial charge >= 0.3 is 0 Å². The fraction of sp³-hybridized carbons (Fsp3) is 0.321. The summed E-state index contributed by atoms with van der Waals surface area (Å²) in [4.78, 5) is 17.8. The molecule has 1 fully saturated rings. The predicted octanol–water partition coefficient (Wildman–Crippen LogP) is 4.82. The Morgan fingerprint density at radius 2 is 1.44 bits per heavy atom. The molecule has 0 aliphatic carbocycles. The van der Waals surface area contributed by atoms with Crippen molar-refractivity contribution in [2.75, 3.05) is 36.7 Å². The summed E-state index contributed by atoms with van der Waals surface area (Å²) >= 11 is 6.14. The Morgan fingerprint density at radius 3 is 1.92 bits per heavy atom. The average Bonchev–Trinajstić information content (AvgIpc) is 2.88. The highest BCUT2D eigenvalue weighted by Gasteiger charge is 2.36. The molecular formula is C28H32ClN3O3S. The van der Waals surface area contributed by atoms with E-state index in [0.29, 0.717) is 43.3 Å². The van der Waals surface area contributed by atoms with Gasteiger partial charge in [0.25, 0.3) is 0 Å². The van der Waals surface area contributed by atoms with Gasteiger partial charge in [-0.15, -0.1) is 0 Å². The molecule has 3 aromatic carbocycles. The van der Waals surface area contributed by atoms with Crippen LogP contribution in [0.2, 0.25) is 5.02 Å². The van der Waals surface area contributed by atoms with E-state index >= 15 is 0 Å². The van der Waals surface area contributed by atoms with Gasteiger partial charge in [-0.2, -0.15) is 0 Å². The highest BCUT2D eigenvalue weighted by Crippen LogP contribution is 2.30. The van der Waals surface area contributed by atoms with Crippen molar-refractivity contribution in [3.05, 3.63) is 101 Å². The largest absolute Gasteiger partial charge is 0.338 e. The summed E-state index contributed by atoms with van der Waals surface area (Å²) in [6.07, 6.45) is 1.49. The average molecular weight is 526 g/mol. The normalized spacial score (nSPS) is 15.6. The molecule has 1 aliphatic heterocycles. The lowest BCUT2D eigenvalue weighted by atomic mass is 9.96. The van der Waals surface area contributed by atoms with Crippen molar-refractivity contribution in [3.63, 3.8) is 0 Å². The molecule has 36 heavy (non-hydrogen) atoms. The molecule has 1 saturated heterocycles. The van der Waals surface area contributed by atoms with Crippen molar-refractivity contribution in [2.45, 2.75) is 25.4 Å². The van der Waals surface area contributed by atoms with Crippen LogP contribution in [0.5, 0.6) is 0 Å². The Hall–Kier alpha value is -2.87. The lowest BCUT2D eigenvalue weighted by Gasteiger charge is -2.42. The number of piperazine rings is 1. The second-order valence-corrected chi connectivity index (χ2v) is 11.3. The van der Waals surface area contributed by atoms with Crippen molar-refractivity contribution in [1.82, 2.24) is 9.80 Å². The first-order valence-electron chi connectivity index (χ1n) is 12.2. The summed E-state index contributed by atoms with van der Waals surface area (Å²) in [5.41, 5.74) is 2.82. The van der Waals surface area contributed by atoms with Crippen molar-refractivity contribution >= 4 is 33.2 Å². The Kier molecular flexibility index (Phi) is 8.34. The molecule has 4 rings (SSSR count). The molecule has 1 aliphatic rings. The van der Waals surface area contributed by atoms with E-state index in [1.807, 2.05) is 43.3 Å². The summed E-state index contributed by atoms with van der Waals surface area (Å²) in [7, 11) is -3.71. The van der Waals surface area contributed by atoms with Crippen molar-refractivity contribution in [3.8, 4) is 0 Å². The van der Waals surface area contributed by atoms with Gasteiger partial charge < -0.3 is 4.90 Å². The van der Waals surface area contributed by atoms with Crippen LogP contribution in [-0.2, 0) is 14.8 Å². The van der Waals surface area contributed by atoms with Gasteiger partial charge in [0.2, 0.25) is 15.9 Å². The minimum Gasteiger partial charge on any atom is -0.338 e. The summed E-state index contributed by atoms with van der Waals surface area (Å²) in [5, 5.41) is 0.421. The summed E-state index contributed by atoms with van der Waals surface area (Å²) < 4.78 is 26.8. The number of carbonyl (C=O) groups is 1. The second kappa shape index (κ2) is 11.5. The van der Waals surface area contributed by atoms with Crippen molar-refractivity contribution in [2.24, 2.45) is 0 Å². The van der Waals surface area contributed by atoms with E-state index in [-0.39, 0.29) is 11.9 Å². The summed E-state index contributed by atoms with van der Waals surface area (Å²) in [6.45, 7) is 4.26. The lowest BCUT2D eigenvalue weighted by Crippen LogP contribution is -2.56. The zero-order chi connectivity index (χ0) is 25.7. The minimum absolute atomic E-state index is 0.0885. The number of rotatable bonds is 8. The van der Waals surface area contributed by atoms with Gasteiger partial charge in [0.05, 0.1) is 18.0 Å². The first-order valence-corrected chi connectivity index (χ1v) is 14.4. The third kappa shape index (κ3) is 5.91. The number of nitrogens with zero attached hydrogens (tertiary/aromatic N) is 3. The SMILES string of the molecule is CCC(C(=O)N1CCN(C(c2ccccc2)c2ccccc2)CC1)N(c1cccc(Cl)c1)S(C)(=O)=O. The molecule has 1 amide bonds. The van der Waals surface area contributed by atoms with Crippen LogP contribution in [0.3, 0.4) is 0 Å². The van der Waals surface area contributed by atoms with Crippen LogP contribution >= 0.6 is 11.6 Å². The molecule has 0 saturated carbocycles. The number of hydrogen-bond acceptors (Lipinski definition) is 4. The van der Waals surface area contributed by atoms with E-state index in [9.17, 15) is 13.2 Å². The molecule has 0 N–H and O–H groups in total. The molecule has 8 heteroatoms. The first kappa shape index (κ1) is 26.2. The first-order chi connectivity index (χ1) is 17.3. The van der Waals surface area contributed by atoms with Crippen LogP contribution in [0.15, 0.2) is 84.9 Å². The van der Waals surface area contributed by atoms with Crippen LogP contribution in [0, 0.1) is 0 Å². The quantitative estimate of drug-likeness (QED) is 0.423. The van der Waals surface area contributed by atoms with Gasteiger partial charge in [0.15, 0.2) is 0 Å². The van der Waals surface area contributed by atoms with E-state index in [0.717, 1.165) is 6.26 Å². The highest BCUT2D eigenvalue weighted by molar-refractivity contribution is 7.92. The number of hydrogen-bond donors (Lipinski definition) is 0. The molecule has 0 spiro atoms. The van der Waals surface area contributed by atoms with Crippen LogP contribution in [0.1, 0.15) is 30.5 Å². The van der Waals surface area contributed by atoms with Crippen molar-refractivity contribution in [1.29, 1.82) is 0 Å². The molecule has 1 heterocycles. The Balaban J connectivity index is 1.54. The molecular weight excluding hydrogens is 494 g/mol. The van der Waals surface area contributed by atoms with Crippen LogP contribution in [0.25, 0.3) is 0 Å². The Morgan fingerprint density at radius 1 is 0.889 bits per heavy atom. The Labute approximate surface area is 219 Å². The predicted molar refractivity (Wildman–Crippen MR) is 146 cm³/mol. The molecule has 0 radical (unpaired) electrons. The standard InChI is InChI=1S/C28H32ClN3O3S/c1-3-26(32(36(2,34)35)25-16-10-15-24(29)21-25)28(33)31-19-17-30(18-20-31)27(22-11-6-4-7-12-22)23-13-8-5-9-14-23/h4-16,21,26-27H,3,17-20H2,1-2H3. The number of sulfonamides is 1. The van der Waals surface area contributed by atoms with E-state index in [1.165, 1.54) is 15.4 Å². The monoisotopic (exact) mass is 525 g/mol. The number of amides is 1. The van der Waals surface area contributed by atoms with Gasteiger partial charge in [-0.05, 0) is 35.7 Å². The highest BCUT2D eigenvalue weighted by atomic mass is 35.5. The smallest absolute Gasteiger partial charge is 0.246 e. The number of benzene rings is 3. The molecule has 190 valence electrons. The van der Waals surface area contributed by atoms with E-state index < -0.39 is 16.1 Å². The van der Waals surface area contributed by atoms with E-state index in [2.05, 4.69) is 29.2 Å². The molecule has 1 atom stereocenters. The fourth-order valence-electron chi connectivity index (χ4n) is 4.95. The molecule has 3 aromatic rings. The summed E-state index contributed by atoms with van der Waals surface area (Å²) in [5.74, 6) is -0.182. The van der Waals surface area contributed by atoms with Crippen LogP contribution in [-0.4, -0.2) is 62.6 Å². The van der Waals surface area contributed by atoms with E-state index in [1.54, 1.807) is 29.2 Å². The lowest BCUT2D eigenvalue weighted by molar-refractivity contribution is -0.134. The fourth-order valence-corrected chi connectivity index (χ4v) is 6.34. The molecule has 1 unspecified atom stereocenters.